The SMILES string of the molecule is COC(=O)c1ncc(C=CCNC(=O)OC(C)(C)C)cn1. The van der Waals surface area contributed by atoms with Gasteiger partial charge < -0.3 is 14.8 Å². The fourth-order valence-corrected chi connectivity index (χ4v) is 1.27. The molecule has 1 heterocycles. The molecule has 1 N–H and O–H groups in total. The Morgan fingerprint density at radius 1 is 1.29 bits per heavy atom. The minimum absolute atomic E-state index is 0.00142. The highest BCUT2D eigenvalue weighted by molar-refractivity contribution is 5.84. The van der Waals surface area contributed by atoms with E-state index in [0.717, 1.165) is 0 Å². The Balaban J connectivity index is 2.44. The van der Waals surface area contributed by atoms with Crippen LogP contribution in [0.4, 0.5) is 4.79 Å². The third-order valence-electron chi connectivity index (χ3n) is 2.11. The monoisotopic (exact) mass is 293 g/mol. The number of carbonyl (C=O) groups excluding carboxylic acids is 2. The maximum atomic E-state index is 11.4. The first-order valence-electron chi connectivity index (χ1n) is 6.35. The molecule has 0 aliphatic rings. The molecule has 0 bridgehead atoms. The van der Waals surface area contributed by atoms with Crippen molar-refractivity contribution < 1.29 is 19.1 Å². The van der Waals surface area contributed by atoms with Gasteiger partial charge in [-0.1, -0.05) is 12.2 Å². The summed E-state index contributed by atoms with van der Waals surface area (Å²) in [5, 5.41) is 2.59. The molecule has 1 rings (SSSR count). The van der Waals surface area contributed by atoms with Crippen molar-refractivity contribution in [3.63, 3.8) is 0 Å². The first kappa shape index (κ1) is 16.6. The van der Waals surface area contributed by atoms with Crippen molar-refractivity contribution >= 4 is 18.1 Å². The number of methoxy groups -OCH3 is 1. The van der Waals surface area contributed by atoms with Crippen LogP contribution >= 0.6 is 0 Å². The number of carbonyl (C=O) groups is 2. The van der Waals surface area contributed by atoms with Crippen molar-refractivity contribution in [3.8, 4) is 0 Å². The van der Waals surface area contributed by atoms with E-state index in [1.54, 1.807) is 32.9 Å². The Hall–Kier alpha value is -2.44. The van der Waals surface area contributed by atoms with Gasteiger partial charge in [0.15, 0.2) is 0 Å². The fourth-order valence-electron chi connectivity index (χ4n) is 1.27. The van der Waals surface area contributed by atoms with E-state index in [9.17, 15) is 9.59 Å². The summed E-state index contributed by atoms with van der Waals surface area (Å²) in [6.07, 6.45) is 5.94. The second-order valence-corrected chi connectivity index (χ2v) is 5.12. The van der Waals surface area contributed by atoms with E-state index in [2.05, 4.69) is 20.0 Å². The molecule has 0 saturated heterocycles. The van der Waals surface area contributed by atoms with Crippen LogP contribution in [0.1, 0.15) is 37.0 Å². The quantitative estimate of drug-likeness (QED) is 0.851. The summed E-state index contributed by atoms with van der Waals surface area (Å²) < 4.78 is 9.58. The molecule has 0 saturated carbocycles. The Morgan fingerprint density at radius 3 is 2.43 bits per heavy atom. The standard InChI is InChI=1S/C14H19N3O4/c1-14(2,3)21-13(19)15-7-5-6-10-8-16-11(17-9-10)12(18)20-4/h5-6,8-9H,7H2,1-4H3,(H,15,19). The molecule has 1 amide bonds. The maximum Gasteiger partial charge on any atom is 0.407 e. The smallest absolute Gasteiger partial charge is 0.407 e. The largest absolute Gasteiger partial charge is 0.463 e. The van der Waals surface area contributed by atoms with Gasteiger partial charge in [0.05, 0.1) is 7.11 Å². The van der Waals surface area contributed by atoms with Crippen LogP contribution in [0.5, 0.6) is 0 Å². The van der Waals surface area contributed by atoms with Crippen molar-refractivity contribution in [3.05, 3.63) is 29.9 Å². The zero-order valence-electron chi connectivity index (χ0n) is 12.5. The van der Waals surface area contributed by atoms with E-state index >= 15 is 0 Å². The van der Waals surface area contributed by atoms with Gasteiger partial charge in [0.2, 0.25) is 5.82 Å². The van der Waals surface area contributed by atoms with Crippen LogP contribution < -0.4 is 5.32 Å². The number of rotatable bonds is 4. The summed E-state index contributed by atoms with van der Waals surface area (Å²) in [6.45, 7) is 5.70. The number of alkyl carbamates (subject to hydrolysis) is 1. The number of hydrogen-bond acceptors (Lipinski definition) is 6. The second-order valence-electron chi connectivity index (χ2n) is 5.12. The van der Waals surface area contributed by atoms with Crippen molar-refractivity contribution in [1.82, 2.24) is 15.3 Å². The minimum atomic E-state index is -0.586. The summed E-state index contributed by atoms with van der Waals surface area (Å²) in [6, 6.07) is 0. The predicted molar refractivity (Wildman–Crippen MR) is 76.6 cm³/mol. The van der Waals surface area contributed by atoms with Gasteiger partial charge in [-0.2, -0.15) is 0 Å². The van der Waals surface area contributed by atoms with Crippen LogP contribution in [0.3, 0.4) is 0 Å². The van der Waals surface area contributed by atoms with Gasteiger partial charge in [-0.05, 0) is 20.8 Å². The first-order valence-corrected chi connectivity index (χ1v) is 6.35. The van der Waals surface area contributed by atoms with Crippen LogP contribution in [0.15, 0.2) is 18.5 Å². The molecule has 0 aromatic carbocycles. The lowest BCUT2D eigenvalue weighted by Crippen LogP contribution is -2.32. The van der Waals surface area contributed by atoms with Crippen molar-refractivity contribution in [2.24, 2.45) is 0 Å². The van der Waals surface area contributed by atoms with Crippen molar-refractivity contribution in [1.29, 1.82) is 0 Å². The molecule has 1 aromatic rings. The summed E-state index contributed by atoms with van der Waals surface area (Å²) in [7, 11) is 1.27. The highest BCUT2D eigenvalue weighted by Crippen LogP contribution is 2.06. The second kappa shape index (κ2) is 7.37. The summed E-state index contributed by atoms with van der Waals surface area (Å²) in [5.41, 5.74) is 0.180. The van der Waals surface area contributed by atoms with E-state index in [4.69, 9.17) is 4.74 Å². The van der Waals surface area contributed by atoms with Gasteiger partial charge in [-0.15, -0.1) is 0 Å². The van der Waals surface area contributed by atoms with E-state index in [1.807, 2.05) is 0 Å². The average Bonchev–Trinajstić information content (AvgIpc) is 2.41. The topological polar surface area (TPSA) is 90.4 Å². The molecule has 1 aromatic heterocycles. The molecule has 7 heteroatoms. The third kappa shape index (κ3) is 6.51. The number of amides is 1. The van der Waals surface area contributed by atoms with Crippen LogP contribution in [-0.2, 0) is 9.47 Å². The minimum Gasteiger partial charge on any atom is -0.463 e. The molecular weight excluding hydrogens is 274 g/mol. The summed E-state index contributed by atoms with van der Waals surface area (Å²) in [5.74, 6) is -0.585. The summed E-state index contributed by atoms with van der Waals surface area (Å²) >= 11 is 0. The number of nitrogens with one attached hydrogen (secondary N) is 1. The van der Waals surface area contributed by atoms with E-state index in [-0.39, 0.29) is 5.82 Å². The van der Waals surface area contributed by atoms with E-state index in [1.165, 1.54) is 19.5 Å². The normalized spacial score (nSPS) is 11.2. The van der Waals surface area contributed by atoms with Crippen molar-refractivity contribution in [2.75, 3.05) is 13.7 Å². The highest BCUT2D eigenvalue weighted by atomic mass is 16.6. The number of hydrogen-bond donors (Lipinski definition) is 1. The summed E-state index contributed by atoms with van der Waals surface area (Å²) in [4.78, 5) is 30.3. The molecule has 0 unspecified atom stereocenters. The maximum absolute atomic E-state index is 11.4. The molecule has 7 nitrogen and oxygen atoms in total. The number of aromatic nitrogens is 2. The molecular formula is C14H19N3O4. The zero-order chi connectivity index (χ0) is 15.9. The predicted octanol–water partition coefficient (Wildman–Crippen LogP) is 1.80. The Bertz CT molecular complexity index is 518. The Kier molecular flexibility index (Phi) is 5.83. The van der Waals surface area contributed by atoms with E-state index in [0.29, 0.717) is 12.1 Å². The van der Waals surface area contributed by atoms with Gasteiger partial charge in [0.25, 0.3) is 0 Å². The van der Waals surface area contributed by atoms with Crippen molar-refractivity contribution in [2.45, 2.75) is 26.4 Å². The molecule has 0 fully saturated rings. The van der Waals surface area contributed by atoms with E-state index < -0.39 is 17.7 Å². The molecule has 0 radical (unpaired) electrons. The van der Waals surface area contributed by atoms with Crippen LogP contribution in [-0.4, -0.2) is 41.3 Å². The van der Waals surface area contributed by atoms with Gasteiger partial charge in [0.1, 0.15) is 5.60 Å². The zero-order valence-corrected chi connectivity index (χ0v) is 12.5. The lowest BCUT2D eigenvalue weighted by atomic mass is 10.2. The molecule has 0 atom stereocenters. The van der Waals surface area contributed by atoms with Gasteiger partial charge >= 0.3 is 12.1 Å². The lowest BCUT2D eigenvalue weighted by molar-refractivity contribution is 0.0532. The lowest BCUT2D eigenvalue weighted by Gasteiger charge is -2.19. The van der Waals surface area contributed by atoms with Crippen LogP contribution in [0.25, 0.3) is 6.08 Å². The number of nitrogens with zero attached hydrogens (tertiary/aromatic N) is 2. The van der Waals surface area contributed by atoms with Crippen LogP contribution in [0.2, 0.25) is 0 Å². The molecule has 21 heavy (non-hydrogen) atoms. The molecule has 114 valence electrons. The molecule has 0 spiro atoms. The molecule has 0 aliphatic carbocycles. The first-order chi connectivity index (χ1) is 9.81. The highest BCUT2D eigenvalue weighted by Gasteiger charge is 2.14. The Morgan fingerprint density at radius 2 is 1.90 bits per heavy atom. The van der Waals surface area contributed by atoms with Gasteiger partial charge in [-0.3, -0.25) is 0 Å². The molecule has 0 aliphatic heterocycles. The Labute approximate surface area is 123 Å². The fraction of sp³-hybridized carbons (Fsp3) is 0.429. The average molecular weight is 293 g/mol. The third-order valence-corrected chi connectivity index (χ3v) is 2.11. The number of ether oxygens (including phenoxy) is 2. The van der Waals surface area contributed by atoms with Crippen LogP contribution in [0, 0.1) is 0 Å². The number of esters is 1. The van der Waals surface area contributed by atoms with Gasteiger partial charge in [-0.25, -0.2) is 19.6 Å². The van der Waals surface area contributed by atoms with Gasteiger partial charge in [0, 0.05) is 24.5 Å².